The number of ether oxygens (including phenoxy) is 1. The van der Waals surface area contributed by atoms with Crippen molar-refractivity contribution in [2.24, 2.45) is 5.73 Å². The summed E-state index contributed by atoms with van der Waals surface area (Å²) in [4.78, 5) is 2.42. The number of benzene rings is 1. The fourth-order valence-electron chi connectivity index (χ4n) is 2.35. The minimum absolute atomic E-state index is 0.0239. The molecule has 0 aliphatic heterocycles. The van der Waals surface area contributed by atoms with Gasteiger partial charge in [-0.05, 0) is 52.3 Å². The molecule has 1 rings (SSSR count). The molecule has 0 unspecified atom stereocenters. The van der Waals surface area contributed by atoms with Gasteiger partial charge in [-0.1, -0.05) is 22.0 Å². The third-order valence-electron chi connectivity index (χ3n) is 3.41. The van der Waals surface area contributed by atoms with Crippen LogP contribution >= 0.6 is 15.9 Å². The molecule has 3 nitrogen and oxygen atoms in total. The molecule has 4 heteroatoms. The highest BCUT2D eigenvalue weighted by Gasteiger charge is 2.13. The monoisotopic (exact) mass is 342 g/mol. The van der Waals surface area contributed by atoms with E-state index in [0.29, 0.717) is 18.7 Å². The van der Waals surface area contributed by atoms with Gasteiger partial charge >= 0.3 is 0 Å². The van der Waals surface area contributed by atoms with Crippen LogP contribution in [0.4, 0.5) is 0 Å². The molecular weight excluding hydrogens is 316 g/mol. The van der Waals surface area contributed by atoms with Crippen molar-refractivity contribution in [3.63, 3.8) is 0 Å². The zero-order chi connectivity index (χ0) is 15.3. The molecule has 114 valence electrons. The van der Waals surface area contributed by atoms with E-state index in [2.05, 4.69) is 48.5 Å². The molecule has 0 heterocycles. The minimum Gasteiger partial charge on any atom is -0.492 e. The zero-order valence-electron chi connectivity index (χ0n) is 13.2. The molecule has 0 aromatic heterocycles. The summed E-state index contributed by atoms with van der Waals surface area (Å²) >= 11 is 3.54. The Balaban J connectivity index is 2.56. The fraction of sp³-hybridized carbons (Fsp3) is 0.625. The first kappa shape index (κ1) is 17.5. The summed E-state index contributed by atoms with van der Waals surface area (Å²) in [6, 6.07) is 7.09. The average molecular weight is 343 g/mol. The van der Waals surface area contributed by atoms with Crippen LogP contribution in [0.1, 0.15) is 46.2 Å². The van der Waals surface area contributed by atoms with Gasteiger partial charge in [0.05, 0.1) is 0 Å². The molecule has 0 spiro atoms. The van der Waals surface area contributed by atoms with E-state index in [1.54, 1.807) is 0 Å². The maximum absolute atomic E-state index is 5.89. The van der Waals surface area contributed by atoms with Crippen LogP contribution in [0.3, 0.4) is 0 Å². The van der Waals surface area contributed by atoms with E-state index in [1.165, 1.54) is 0 Å². The van der Waals surface area contributed by atoms with Gasteiger partial charge in [-0.15, -0.1) is 0 Å². The lowest BCUT2D eigenvalue weighted by atomic mass is 10.1. The number of rotatable bonds is 7. The Kier molecular flexibility index (Phi) is 7.00. The number of nitrogens with two attached hydrogens (primary N) is 1. The summed E-state index contributed by atoms with van der Waals surface area (Å²) in [6.07, 6.45) is 0. The molecule has 1 aromatic rings. The highest BCUT2D eigenvalue weighted by atomic mass is 79.9. The average Bonchev–Trinajstić information content (AvgIpc) is 2.33. The van der Waals surface area contributed by atoms with Gasteiger partial charge in [-0.2, -0.15) is 0 Å². The van der Waals surface area contributed by atoms with Crippen molar-refractivity contribution >= 4 is 15.9 Å². The Morgan fingerprint density at radius 3 is 2.20 bits per heavy atom. The molecule has 20 heavy (non-hydrogen) atoms. The van der Waals surface area contributed by atoms with E-state index >= 15 is 0 Å². The van der Waals surface area contributed by atoms with Crippen LogP contribution in [0.2, 0.25) is 0 Å². The predicted molar refractivity (Wildman–Crippen MR) is 89.2 cm³/mol. The molecule has 0 saturated heterocycles. The van der Waals surface area contributed by atoms with Crippen LogP contribution in [-0.4, -0.2) is 30.1 Å². The summed E-state index contributed by atoms with van der Waals surface area (Å²) < 4.78 is 6.85. The Hall–Kier alpha value is -0.580. The lowest BCUT2D eigenvalue weighted by Gasteiger charge is -2.30. The Morgan fingerprint density at radius 2 is 1.75 bits per heavy atom. The molecule has 0 amide bonds. The third-order valence-corrected chi connectivity index (χ3v) is 4.09. The maximum atomic E-state index is 5.89. The first-order chi connectivity index (χ1) is 9.32. The lowest BCUT2D eigenvalue weighted by molar-refractivity contribution is 0.142. The third kappa shape index (κ3) is 5.08. The highest BCUT2D eigenvalue weighted by Crippen LogP contribution is 2.26. The Labute approximate surface area is 131 Å². The molecule has 1 aromatic carbocycles. The molecule has 0 fully saturated rings. The van der Waals surface area contributed by atoms with Crippen molar-refractivity contribution in [1.82, 2.24) is 4.90 Å². The van der Waals surface area contributed by atoms with Gasteiger partial charge < -0.3 is 10.5 Å². The van der Waals surface area contributed by atoms with Crippen molar-refractivity contribution in [2.75, 3.05) is 13.2 Å². The smallest absolute Gasteiger partial charge is 0.120 e. The van der Waals surface area contributed by atoms with Gasteiger partial charge in [0, 0.05) is 29.1 Å². The van der Waals surface area contributed by atoms with E-state index in [9.17, 15) is 0 Å². The second-order valence-corrected chi connectivity index (χ2v) is 6.60. The van der Waals surface area contributed by atoms with E-state index < -0.39 is 0 Å². The van der Waals surface area contributed by atoms with Crippen molar-refractivity contribution in [1.29, 1.82) is 0 Å². The van der Waals surface area contributed by atoms with Gasteiger partial charge in [-0.25, -0.2) is 0 Å². The molecule has 0 bridgehead atoms. The lowest BCUT2D eigenvalue weighted by Crippen LogP contribution is -2.39. The van der Waals surface area contributed by atoms with Crippen molar-refractivity contribution < 1.29 is 4.74 Å². The zero-order valence-corrected chi connectivity index (χ0v) is 14.8. The summed E-state index contributed by atoms with van der Waals surface area (Å²) in [5.41, 5.74) is 6.99. The Morgan fingerprint density at radius 1 is 1.15 bits per heavy atom. The van der Waals surface area contributed by atoms with Gasteiger partial charge in [0.1, 0.15) is 12.4 Å². The van der Waals surface area contributed by atoms with Crippen LogP contribution in [0.25, 0.3) is 0 Å². The molecular formula is C16H27BrN2O. The largest absolute Gasteiger partial charge is 0.492 e. The van der Waals surface area contributed by atoms with Gasteiger partial charge in [0.25, 0.3) is 0 Å². The predicted octanol–water partition coefficient (Wildman–Crippen LogP) is 3.97. The standard InChI is InChI=1S/C16H27BrN2O/c1-11(2)19(12(3)4)8-9-20-14-6-7-15(13(5)18)16(17)10-14/h6-7,10-13H,8-9,18H2,1-5H3/t13-/m1/s1. The molecule has 0 aliphatic rings. The first-order valence-electron chi connectivity index (χ1n) is 7.26. The quantitative estimate of drug-likeness (QED) is 0.814. The van der Waals surface area contributed by atoms with Gasteiger partial charge in [0.2, 0.25) is 0 Å². The summed E-state index contributed by atoms with van der Waals surface area (Å²) in [6.45, 7) is 12.5. The normalized spacial score (nSPS) is 13.3. The van der Waals surface area contributed by atoms with Crippen LogP contribution < -0.4 is 10.5 Å². The summed E-state index contributed by atoms with van der Waals surface area (Å²) in [5, 5.41) is 0. The van der Waals surface area contributed by atoms with Crippen LogP contribution in [0.15, 0.2) is 22.7 Å². The number of hydrogen-bond donors (Lipinski definition) is 1. The van der Waals surface area contributed by atoms with Crippen molar-refractivity contribution in [2.45, 2.75) is 52.7 Å². The van der Waals surface area contributed by atoms with E-state index in [1.807, 2.05) is 25.1 Å². The van der Waals surface area contributed by atoms with Gasteiger partial charge in [0.15, 0.2) is 0 Å². The second-order valence-electron chi connectivity index (χ2n) is 5.75. The summed E-state index contributed by atoms with van der Waals surface area (Å²) in [7, 11) is 0. The van der Waals surface area contributed by atoms with Crippen LogP contribution in [0.5, 0.6) is 5.75 Å². The minimum atomic E-state index is 0.0239. The fourth-order valence-corrected chi connectivity index (χ4v) is 3.07. The van der Waals surface area contributed by atoms with Crippen molar-refractivity contribution in [3.05, 3.63) is 28.2 Å². The van der Waals surface area contributed by atoms with Crippen molar-refractivity contribution in [3.8, 4) is 5.75 Å². The Bertz CT molecular complexity index is 411. The number of nitrogens with zero attached hydrogens (tertiary/aromatic N) is 1. The SMILES string of the molecule is CC(C)N(CCOc1ccc([C@@H](C)N)c(Br)c1)C(C)C. The highest BCUT2D eigenvalue weighted by molar-refractivity contribution is 9.10. The molecule has 0 radical (unpaired) electrons. The number of hydrogen-bond acceptors (Lipinski definition) is 3. The number of halogens is 1. The van der Waals surface area contributed by atoms with Crippen LogP contribution in [-0.2, 0) is 0 Å². The van der Waals surface area contributed by atoms with Crippen LogP contribution in [0, 0.1) is 0 Å². The molecule has 0 saturated carbocycles. The maximum Gasteiger partial charge on any atom is 0.120 e. The van der Waals surface area contributed by atoms with E-state index in [-0.39, 0.29) is 6.04 Å². The molecule has 1 atom stereocenters. The second kappa shape index (κ2) is 8.01. The topological polar surface area (TPSA) is 38.5 Å². The van der Waals surface area contributed by atoms with E-state index in [4.69, 9.17) is 10.5 Å². The van der Waals surface area contributed by atoms with Gasteiger partial charge in [-0.3, -0.25) is 4.90 Å². The molecule has 2 N–H and O–H groups in total. The summed E-state index contributed by atoms with van der Waals surface area (Å²) in [5.74, 6) is 0.883. The first-order valence-corrected chi connectivity index (χ1v) is 8.05. The van der Waals surface area contributed by atoms with E-state index in [0.717, 1.165) is 22.3 Å². The molecule has 0 aliphatic carbocycles.